The van der Waals surface area contributed by atoms with E-state index in [4.69, 9.17) is 10.8 Å². The van der Waals surface area contributed by atoms with E-state index in [0.717, 1.165) is 6.07 Å². The van der Waals surface area contributed by atoms with E-state index < -0.39 is 5.82 Å². The first-order valence-electron chi connectivity index (χ1n) is 2.86. The molecule has 3 N–H and O–H groups in total. The molecule has 0 aliphatic rings. The van der Waals surface area contributed by atoms with Crippen molar-refractivity contribution in [3.8, 4) is 0 Å². The molecule has 0 aromatic carbocycles. The van der Waals surface area contributed by atoms with Crippen LogP contribution in [-0.2, 0) is 6.61 Å². The molecule has 0 bridgehead atoms. The van der Waals surface area contributed by atoms with Gasteiger partial charge in [0.1, 0.15) is 4.60 Å². The molecule has 0 saturated carbocycles. The fraction of sp³-hybridized carbons (Fsp3) is 0.167. The van der Waals surface area contributed by atoms with Crippen molar-refractivity contribution in [3.63, 3.8) is 0 Å². The number of aliphatic hydroxyl groups excluding tert-OH is 1. The smallest absolute Gasteiger partial charge is 0.158 e. The second-order valence-corrected chi connectivity index (χ2v) is 2.71. The highest BCUT2D eigenvalue weighted by molar-refractivity contribution is 9.10. The van der Waals surface area contributed by atoms with E-state index in [0.29, 0.717) is 0 Å². The van der Waals surface area contributed by atoms with Crippen LogP contribution in [0.5, 0.6) is 0 Å². The molecule has 1 heterocycles. The van der Waals surface area contributed by atoms with Crippen molar-refractivity contribution in [1.29, 1.82) is 0 Å². The van der Waals surface area contributed by atoms with Gasteiger partial charge in [0.2, 0.25) is 0 Å². The fourth-order valence-electron chi connectivity index (χ4n) is 0.642. The number of hydrogen-bond donors (Lipinski definition) is 2. The highest BCUT2D eigenvalue weighted by Gasteiger charge is 2.05. The minimum Gasteiger partial charge on any atom is -0.397 e. The molecule has 0 radical (unpaired) electrons. The molecule has 0 saturated heterocycles. The van der Waals surface area contributed by atoms with Gasteiger partial charge >= 0.3 is 0 Å². The van der Waals surface area contributed by atoms with Crippen LogP contribution in [0.4, 0.5) is 10.1 Å². The highest BCUT2D eigenvalue weighted by atomic mass is 79.9. The van der Waals surface area contributed by atoms with Crippen molar-refractivity contribution < 1.29 is 9.50 Å². The van der Waals surface area contributed by atoms with Crippen LogP contribution < -0.4 is 5.73 Å². The number of pyridine rings is 1. The molecule has 0 unspecified atom stereocenters. The van der Waals surface area contributed by atoms with Crippen LogP contribution in [0.3, 0.4) is 0 Å². The van der Waals surface area contributed by atoms with E-state index in [9.17, 15) is 4.39 Å². The van der Waals surface area contributed by atoms with Crippen LogP contribution in [0.2, 0.25) is 0 Å². The molecule has 1 aromatic rings. The van der Waals surface area contributed by atoms with Crippen LogP contribution >= 0.6 is 15.9 Å². The summed E-state index contributed by atoms with van der Waals surface area (Å²) in [5, 5.41) is 8.65. The van der Waals surface area contributed by atoms with Crippen molar-refractivity contribution in [2.24, 2.45) is 0 Å². The Bertz CT molecular complexity index is 280. The summed E-state index contributed by atoms with van der Waals surface area (Å²) in [6.45, 7) is -0.287. The van der Waals surface area contributed by atoms with Crippen molar-refractivity contribution in [2.45, 2.75) is 6.61 Å². The predicted molar refractivity (Wildman–Crippen MR) is 42.2 cm³/mol. The number of anilines is 1. The number of rotatable bonds is 1. The molecule has 0 amide bonds. The largest absolute Gasteiger partial charge is 0.397 e. The first kappa shape index (κ1) is 8.42. The van der Waals surface area contributed by atoms with E-state index in [2.05, 4.69) is 20.9 Å². The van der Waals surface area contributed by atoms with Crippen molar-refractivity contribution in [3.05, 3.63) is 22.2 Å². The van der Waals surface area contributed by atoms with Crippen LogP contribution in [0.25, 0.3) is 0 Å². The van der Waals surface area contributed by atoms with Gasteiger partial charge in [-0.15, -0.1) is 0 Å². The van der Waals surface area contributed by atoms with Gasteiger partial charge in [0.05, 0.1) is 18.0 Å². The Morgan fingerprint density at radius 2 is 2.36 bits per heavy atom. The maximum atomic E-state index is 12.6. The Balaban J connectivity index is 3.21. The Morgan fingerprint density at radius 3 is 2.91 bits per heavy atom. The molecular weight excluding hydrogens is 215 g/mol. The van der Waals surface area contributed by atoms with E-state index in [1.807, 2.05) is 0 Å². The monoisotopic (exact) mass is 220 g/mol. The third kappa shape index (κ3) is 1.66. The van der Waals surface area contributed by atoms with Crippen LogP contribution in [0, 0.1) is 5.82 Å². The molecule has 3 nitrogen and oxygen atoms in total. The number of aromatic nitrogens is 1. The summed E-state index contributed by atoms with van der Waals surface area (Å²) >= 11 is 2.87. The van der Waals surface area contributed by atoms with Crippen LogP contribution in [-0.4, -0.2) is 10.1 Å². The molecule has 0 aliphatic carbocycles. The number of aliphatic hydroxyl groups is 1. The second kappa shape index (κ2) is 3.15. The highest BCUT2D eigenvalue weighted by Crippen LogP contribution is 2.18. The van der Waals surface area contributed by atoms with E-state index in [1.165, 1.54) is 0 Å². The summed E-state index contributed by atoms with van der Waals surface area (Å²) in [6, 6.07) is 1.11. The van der Waals surface area contributed by atoms with Gasteiger partial charge in [-0.3, -0.25) is 0 Å². The topological polar surface area (TPSA) is 59.1 Å². The molecule has 60 valence electrons. The number of nitrogens with two attached hydrogens (primary N) is 1. The summed E-state index contributed by atoms with van der Waals surface area (Å²) in [7, 11) is 0. The average molecular weight is 221 g/mol. The van der Waals surface area contributed by atoms with Gasteiger partial charge in [-0.2, -0.15) is 0 Å². The van der Waals surface area contributed by atoms with Crippen molar-refractivity contribution in [2.75, 3.05) is 5.73 Å². The molecule has 0 aliphatic heterocycles. The first-order chi connectivity index (χ1) is 5.15. The summed E-state index contributed by atoms with van der Waals surface area (Å²) in [5.41, 5.74) is 5.75. The van der Waals surface area contributed by atoms with Gasteiger partial charge < -0.3 is 10.8 Å². The van der Waals surface area contributed by atoms with E-state index in [1.54, 1.807) is 0 Å². The molecule has 0 spiro atoms. The zero-order chi connectivity index (χ0) is 8.43. The van der Waals surface area contributed by atoms with Gasteiger partial charge in [-0.25, -0.2) is 9.37 Å². The quantitative estimate of drug-likeness (QED) is 0.697. The minimum absolute atomic E-state index is 0.0655. The summed E-state index contributed by atoms with van der Waals surface area (Å²) in [4.78, 5) is 3.66. The normalized spacial score (nSPS) is 10.1. The molecule has 0 atom stereocenters. The third-order valence-electron chi connectivity index (χ3n) is 1.20. The predicted octanol–water partition coefficient (Wildman–Crippen LogP) is 1.06. The minimum atomic E-state index is -0.528. The maximum absolute atomic E-state index is 12.6. The number of nitrogens with zero attached hydrogens (tertiary/aromatic N) is 1. The Morgan fingerprint density at radius 1 is 1.73 bits per heavy atom. The standard InChI is InChI=1S/C6H6BrFN2O/c7-6-3(8)1-4(9)5(2-11)10-6/h1,11H,2,9H2. The SMILES string of the molecule is Nc1cc(F)c(Br)nc1CO. The number of halogens is 2. The van der Waals surface area contributed by atoms with Crippen molar-refractivity contribution in [1.82, 2.24) is 4.98 Å². The van der Waals surface area contributed by atoms with E-state index in [-0.39, 0.29) is 22.6 Å². The summed E-state index contributed by atoms with van der Waals surface area (Å²) < 4.78 is 12.7. The average Bonchev–Trinajstić information content (AvgIpc) is 1.97. The Hall–Kier alpha value is -0.680. The second-order valence-electron chi connectivity index (χ2n) is 1.96. The fourth-order valence-corrected chi connectivity index (χ4v) is 0.971. The van der Waals surface area contributed by atoms with Gasteiger partial charge in [0, 0.05) is 6.07 Å². The maximum Gasteiger partial charge on any atom is 0.158 e. The van der Waals surface area contributed by atoms with Gasteiger partial charge in [0.25, 0.3) is 0 Å². The third-order valence-corrected chi connectivity index (χ3v) is 1.75. The lowest BCUT2D eigenvalue weighted by Gasteiger charge is -2.01. The number of nitrogen functional groups attached to an aromatic ring is 1. The molecule has 5 heteroatoms. The molecule has 11 heavy (non-hydrogen) atoms. The summed E-state index contributed by atoms with van der Waals surface area (Å²) in [5.74, 6) is -0.528. The summed E-state index contributed by atoms with van der Waals surface area (Å²) in [6.07, 6.45) is 0. The van der Waals surface area contributed by atoms with E-state index >= 15 is 0 Å². The molecular formula is C6H6BrFN2O. The molecule has 1 rings (SSSR count). The zero-order valence-corrected chi connectivity index (χ0v) is 7.10. The lowest BCUT2D eigenvalue weighted by molar-refractivity contribution is 0.277. The number of hydrogen-bond acceptors (Lipinski definition) is 3. The lowest BCUT2D eigenvalue weighted by Crippen LogP contribution is -1.99. The zero-order valence-electron chi connectivity index (χ0n) is 5.51. The van der Waals surface area contributed by atoms with Crippen LogP contribution in [0.15, 0.2) is 10.7 Å². The van der Waals surface area contributed by atoms with Crippen molar-refractivity contribution >= 4 is 21.6 Å². The van der Waals surface area contributed by atoms with Crippen LogP contribution in [0.1, 0.15) is 5.69 Å². The Kier molecular flexibility index (Phi) is 2.41. The Labute approximate surface area is 71.2 Å². The lowest BCUT2D eigenvalue weighted by atomic mass is 10.3. The van der Waals surface area contributed by atoms with Gasteiger partial charge in [0.15, 0.2) is 5.82 Å². The van der Waals surface area contributed by atoms with Gasteiger partial charge in [-0.05, 0) is 15.9 Å². The molecule has 1 aromatic heterocycles. The first-order valence-corrected chi connectivity index (χ1v) is 3.65. The van der Waals surface area contributed by atoms with Gasteiger partial charge in [-0.1, -0.05) is 0 Å². The molecule has 0 fully saturated rings.